The van der Waals surface area contributed by atoms with Crippen LogP contribution in [0.3, 0.4) is 0 Å². The van der Waals surface area contributed by atoms with Gasteiger partial charge < -0.3 is 31.2 Å². The lowest BCUT2D eigenvalue weighted by Crippen LogP contribution is -2.14. The first kappa shape index (κ1) is 39.8. The number of aromatic nitrogens is 4. The Morgan fingerprint density at radius 3 is 1.58 bits per heavy atom. The highest BCUT2D eigenvalue weighted by Crippen LogP contribution is 2.38. The van der Waals surface area contributed by atoms with E-state index in [0.717, 1.165) is 57.5 Å². The highest BCUT2D eigenvalue weighted by atomic mass is 32.1. The van der Waals surface area contributed by atoms with Crippen LogP contribution in [0.5, 0.6) is 11.5 Å². The summed E-state index contributed by atoms with van der Waals surface area (Å²) in [6.45, 7) is 5.46. The van der Waals surface area contributed by atoms with Crippen LogP contribution in [0.1, 0.15) is 114 Å². The van der Waals surface area contributed by atoms with Crippen LogP contribution in [-0.2, 0) is 4.79 Å². The zero-order valence-corrected chi connectivity index (χ0v) is 34.7. The molecule has 2 aromatic carbocycles. The molecule has 0 aliphatic heterocycles. The van der Waals surface area contributed by atoms with Gasteiger partial charge >= 0.3 is 0 Å². The van der Waals surface area contributed by atoms with Gasteiger partial charge in [0.15, 0.2) is 0 Å². The molecule has 0 bridgehead atoms. The van der Waals surface area contributed by atoms with Crippen LogP contribution in [0, 0.1) is 13.8 Å². The lowest BCUT2D eigenvalue weighted by Gasteiger charge is -2.22. The number of nitrogens with two attached hydrogens (primary N) is 1. The van der Waals surface area contributed by atoms with Gasteiger partial charge in [-0.05, 0) is 75.9 Å². The van der Waals surface area contributed by atoms with Crippen molar-refractivity contribution in [1.29, 1.82) is 0 Å². The Balaban J connectivity index is 0.000000175. The summed E-state index contributed by atoms with van der Waals surface area (Å²) < 4.78 is 15.0. The van der Waals surface area contributed by atoms with Crippen LogP contribution in [0.25, 0.3) is 20.4 Å². The Bertz CT molecular complexity index is 2420. The van der Waals surface area contributed by atoms with Crippen LogP contribution >= 0.6 is 22.7 Å². The molecule has 300 valence electrons. The van der Waals surface area contributed by atoms with Gasteiger partial charge in [0.1, 0.15) is 21.2 Å². The molecule has 15 heteroatoms. The molecule has 0 radical (unpaired) electrons. The Morgan fingerprint density at radius 1 is 0.667 bits per heavy atom. The molecule has 57 heavy (non-hydrogen) atoms. The van der Waals surface area contributed by atoms with E-state index in [4.69, 9.17) is 25.4 Å². The van der Waals surface area contributed by atoms with Crippen molar-refractivity contribution in [1.82, 2.24) is 19.6 Å². The normalized spacial score (nSPS) is 14.9. The van der Waals surface area contributed by atoms with E-state index in [9.17, 15) is 14.4 Å². The number of amides is 3. The van der Waals surface area contributed by atoms with Crippen LogP contribution in [0.2, 0.25) is 0 Å². The number of nitrogens with one attached hydrogen (secondary N) is 3. The molecular formula is C42H50N8O5S2. The molecule has 5 N–H and O–H groups in total. The quantitative estimate of drug-likeness (QED) is 0.105. The van der Waals surface area contributed by atoms with Crippen molar-refractivity contribution in [3.8, 4) is 11.5 Å². The number of benzene rings is 2. The summed E-state index contributed by atoms with van der Waals surface area (Å²) in [5, 5.41) is 20.2. The predicted octanol–water partition coefficient (Wildman–Crippen LogP) is 9.89. The Hall–Kier alpha value is -5.41. The first-order valence-corrected chi connectivity index (χ1v) is 21.1. The van der Waals surface area contributed by atoms with Gasteiger partial charge in [-0.15, -0.1) is 22.7 Å². The van der Waals surface area contributed by atoms with Gasteiger partial charge in [-0.1, -0.05) is 38.5 Å². The fraction of sp³-hybridized carbons (Fsp3) is 0.405. The number of rotatable bonds is 9. The van der Waals surface area contributed by atoms with E-state index < -0.39 is 0 Å². The molecule has 6 aromatic rings. The third-order valence-electron chi connectivity index (χ3n) is 10.7. The molecule has 13 nitrogen and oxygen atoms in total. The maximum atomic E-state index is 13.0. The van der Waals surface area contributed by atoms with Crippen molar-refractivity contribution >= 4 is 83.6 Å². The molecule has 0 unspecified atom stereocenters. The molecule has 4 heterocycles. The van der Waals surface area contributed by atoms with Gasteiger partial charge in [0.2, 0.25) is 5.91 Å². The number of nitrogen functional groups attached to an aromatic ring is 1. The van der Waals surface area contributed by atoms with E-state index in [1.165, 1.54) is 75.2 Å². The van der Waals surface area contributed by atoms with Gasteiger partial charge in [-0.2, -0.15) is 10.2 Å². The van der Waals surface area contributed by atoms with Gasteiger partial charge in [-0.3, -0.25) is 23.7 Å². The van der Waals surface area contributed by atoms with E-state index in [2.05, 4.69) is 25.3 Å². The highest BCUT2D eigenvalue weighted by molar-refractivity contribution is 7.21. The Kier molecular flexibility index (Phi) is 12.1. The number of hydrogen-bond acceptors (Lipinski definition) is 10. The number of anilines is 4. The number of nitrogens with zero attached hydrogens (tertiary/aromatic N) is 4. The van der Waals surface area contributed by atoms with Crippen LogP contribution in [-0.4, -0.2) is 51.5 Å². The summed E-state index contributed by atoms with van der Waals surface area (Å²) in [6, 6.07) is 15.1. The second-order valence-corrected chi connectivity index (χ2v) is 16.8. The third kappa shape index (κ3) is 8.79. The molecule has 2 aliphatic rings. The third-order valence-corrected chi connectivity index (χ3v) is 12.9. The number of ether oxygens (including phenoxy) is 2. The summed E-state index contributed by atoms with van der Waals surface area (Å²) in [5.41, 5.74) is 10.1. The molecule has 2 saturated carbocycles. The molecular weight excluding hydrogens is 761 g/mol. The summed E-state index contributed by atoms with van der Waals surface area (Å²) in [6.07, 6.45) is 12.2. The summed E-state index contributed by atoms with van der Waals surface area (Å²) in [7, 11) is 3.09. The maximum absolute atomic E-state index is 13.0. The van der Waals surface area contributed by atoms with E-state index >= 15 is 0 Å². The lowest BCUT2D eigenvalue weighted by molar-refractivity contribution is -0.114. The topological polar surface area (TPSA) is 167 Å². The standard InChI is InChI=1S/C22H26N4O3S.C20H24N4O2S/c1-13-17-12-20(30-22(17)26(25-13)16-7-5-4-6-8-16)21(28)24-18-10-9-15(23-14(2)27)11-19(18)29-3;1-12-15-11-18(19(25)22-16-9-8-13(21)10-17(16)26-2)27-20(15)24(23-12)14-6-4-3-5-7-14/h9-12,16H,4-8H2,1-3H3,(H,23,27)(H,24,28);8-11,14H,3-7,21H2,1-2H3,(H,22,25). The Labute approximate surface area is 339 Å². The second kappa shape index (κ2) is 17.4. The minimum Gasteiger partial charge on any atom is -0.494 e. The SMILES string of the molecule is COc1cc(N)ccc1NC(=O)c1cc2c(C)nn(C3CCCCC3)c2s1.COc1cc(NC(C)=O)ccc1NC(=O)c1cc2c(C)nn(C3CCCCC3)c2s1. The van der Waals surface area contributed by atoms with Gasteiger partial charge in [0.05, 0.1) is 58.8 Å². The molecule has 2 aliphatic carbocycles. The van der Waals surface area contributed by atoms with Crippen molar-refractivity contribution in [3.63, 3.8) is 0 Å². The number of thiophene rings is 2. The second-order valence-electron chi connectivity index (χ2n) is 14.8. The molecule has 3 amide bonds. The van der Waals surface area contributed by atoms with Crippen molar-refractivity contribution in [3.05, 3.63) is 69.7 Å². The lowest BCUT2D eigenvalue weighted by atomic mass is 9.96. The number of carbonyl (C=O) groups is 3. The first-order valence-electron chi connectivity index (χ1n) is 19.5. The highest BCUT2D eigenvalue weighted by Gasteiger charge is 2.25. The molecule has 4 aromatic heterocycles. The van der Waals surface area contributed by atoms with Crippen molar-refractivity contribution in [2.24, 2.45) is 0 Å². The number of aryl methyl sites for hydroxylation is 2. The molecule has 0 saturated heterocycles. The monoisotopic (exact) mass is 810 g/mol. The fourth-order valence-corrected chi connectivity index (χ4v) is 10.0. The van der Waals surface area contributed by atoms with Gasteiger partial charge in [0, 0.05) is 41.2 Å². The number of hydrogen-bond donors (Lipinski definition) is 4. The van der Waals surface area contributed by atoms with E-state index in [1.807, 2.05) is 26.0 Å². The van der Waals surface area contributed by atoms with E-state index in [-0.39, 0.29) is 17.7 Å². The van der Waals surface area contributed by atoms with Gasteiger partial charge in [0.25, 0.3) is 11.8 Å². The smallest absolute Gasteiger partial charge is 0.265 e. The molecule has 2 fully saturated rings. The Morgan fingerprint density at radius 2 is 1.12 bits per heavy atom. The zero-order chi connectivity index (χ0) is 40.2. The minimum atomic E-state index is -0.184. The van der Waals surface area contributed by atoms with E-state index in [0.29, 0.717) is 56.1 Å². The summed E-state index contributed by atoms with van der Waals surface area (Å²) in [4.78, 5) is 40.5. The molecule has 8 rings (SSSR count). The minimum absolute atomic E-state index is 0.145. The maximum Gasteiger partial charge on any atom is 0.265 e. The van der Waals surface area contributed by atoms with Crippen LogP contribution in [0.4, 0.5) is 22.7 Å². The number of methoxy groups -OCH3 is 2. The van der Waals surface area contributed by atoms with Crippen molar-refractivity contribution in [2.45, 2.75) is 97.1 Å². The predicted molar refractivity (Wildman–Crippen MR) is 230 cm³/mol. The van der Waals surface area contributed by atoms with Crippen LogP contribution < -0.4 is 31.2 Å². The molecule has 0 spiro atoms. The zero-order valence-electron chi connectivity index (χ0n) is 33.1. The summed E-state index contributed by atoms with van der Waals surface area (Å²) in [5.74, 6) is 0.543. The first-order chi connectivity index (χ1) is 27.5. The van der Waals surface area contributed by atoms with E-state index in [1.54, 1.807) is 43.5 Å². The average Bonchev–Trinajstić information content (AvgIpc) is 3.99. The van der Waals surface area contributed by atoms with Gasteiger partial charge in [-0.25, -0.2) is 0 Å². The van der Waals surface area contributed by atoms with Crippen molar-refractivity contribution < 1.29 is 23.9 Å². The largest absolute Gasteiger partial charge is 0.494 e. The summed E-state index contributed by atoms with van der Waals surface area (Å²) >= 11 is 2.99. The molecule has 0 atom stereocenters. The van der Waals surface area contributed by atoms with Crippen LogP contribution in [0.15, 0.2) is 48.5 Å². The number of fused-ring (bicyclic) bond motifs is 2. The average molecular weight is 811 g/mol. The number of carbonyl (C=O) groups excluding carboxylic acids is 3. The fourth-order valence-electron chi connectivity index (χ4n) is 7.77. The van der Waals surface area contributed by atoms with Crippen molar-refractivity contribution in [2.75, 3.05) is 35.9 Å².